The van der Waals surface area contributed by atoms with E-state index in [0.29, 0.717) is 0 Å². The molecular formula is C11H20N2S2. The second-order valence-electron chi connectivity index (χ2n) is 4.57. The van der Waals surface area contributed by atoms with Crippen molar-refractivity contribution < 1.29 is 0 Å². The summed E-state index contributed by atoms with van der Waals surface area (Å²) in [6, 6.07) is 0. The van der Waals surface area contributed by atoms with Crippen LogP contribution in [0.5, 0.6) is 0 Å². The number of hydrogen-bond acceptors (Lipinski definition) is 4. The maximum Gasteiger partial charge on any atom is 0.103 e. The molecule has 0 radical (unpaired) electrons. The fourth-order valence-corrected chi connectivity index (χ4v) is 3.15. The van der Waals surface area contributed by atoms with Gasteiger partial charge >= 0.3 is 0 Å². The maximum absolute atomic E-state index is 5.44. The van der Waals surface area contributed by atoms with E-state index in [4.69, 9.17) is 5.73 Å². The number of aromatic nitrogens is 1. The first-order chi connectivity index (χ1) is 7.04. The molecule has 0 unspecified atom stereocenters. The molecular weight excluding hydrogens is 224 g/mol. The minimum Gasteiger partial charge on any atom is -0.330 e. The third-order valence-electron chi connectivity index (χ3n) is 2.04. The summed E-state index contributed by atoms with van der Waals surface area (Å²) in [7, 11) is 0. The molecule has 15 heavy (non-hydrogen) atoms. The third kappa shape index (κ3) is 4.53. The van der Waals surface area contributed by atoms with Crippen molar-refractivity contribution in [1.82, 2.24) is 4.98 Å². The summed E-state index contributed by atoms with van der Waals surface area (Å²) in [6.45, 7) is 7.40. The Labute approximate surface area is 101 Å². The molecule has 0 aromatic carbocycles. The van der Waals surface area contributed by atoms with Crippen LogP contribution in [-0.4, -0.2) is 17.3 Å². The van der Waals surface area contributed by atoms with Crippen molar-refractivity contribution in [2.75, 3.05) is 12.3 Å². The van der Waals surface area contributed by atoms with Crippen LogP contribution in [-0.2, 0) is 11.2 Å². The van der Waals surface area contributed by atoms with E-state index < -0.39 is 0 Å². The maximum atomic E-state index is 5.44. The number of thiazole rings is 1. The highest BCUT2D eigenvalue weighted by molar-refractivity contribution is 7.98. The van der Waals surface area contributed by atoms with E-state index in [0.717, 1.165) is 24.5 Å². The summed E-state index contributed by atoms with van der Waals surface area (Å²) in [5.74, 6) is 2.17. The van der Waals surface area contributed by atoms with Crippen LogP contribution in [0.4, 0.5) is 0 Å². The Hall–Kier alpha value is -0.0600. The van der Waals surface area contributed by atoms with E-state index in [2.05, 4.69) is 31.1 Å². The molecule has 86 valence electrons. The van der Waals surface area contributed by atoms with Crippen molar-refractivity contribution in [1.29, 1.82) is 0 Å². The lowest BCUT2D eigenvalue weighted by Crippen LogP contribution is -2.11. The van der Waals surface area contributed by atoms with Gasteiger partial charge in [0.15, 0.2) is 0 Å². The number of nitrogens with zero attached hydrogens (tertiary/aromatic N) is 1. The van der Waals surface area contributed by atoms with Crippen molar-refractivity contribution in [3.05, 3.63) is 16.1 Å². The number of hydrogen-bond donors (Lipinski definition) is 1. The molecule has 2 nitrogen and oxygen atoms in total. The molecule has 1 aromatic heterocycles. The van der Waals surface area contributed by atoms with Crippen LogP contribution < -0.4 is 5.73 Å². The molecule has 1 rings (SSSR count). The Balaban J connectivity index is 2.40. The highest BCUT2D eigenvalue weighted by Gasteiger charge is 2.17. The first-order valence-corrected chi connectivity index (χ1v) is 7.30. The van der Waals surface area contributed by atoms with Crippen molar-refractivity contribution in [2.45, 2.75) is 38.4 Å². The van der Waals surface area contributed by atoms with Gasteiger partial charge in [-0.15, -0.1) is 11.3 Å². The monoisotopic (exact) mass is 244 g/mol. The zero-order chi connectivity index (χ0) is 11.3. The Morgan fingerprint density at radius 3 is 2.73 bits per heavy atom. The second-order valence-corrected chi connectivity index (χ2v) is 6.62. The van der Waals surface area contributed by atoms with Gasteiger partial charge in [-0.1, -0.05) is 20.8 Å². The average molecular weight is 244 g/mol. The van der Waals surface area contributed by atoms with Gasteiger partial charge in [-0.3, -0.25) is 0 Å². The normalized spacial score (nSPS) is 12.0. The Morgan fingerprint density at radius 1 is 1.47 bits per heavy atom. The van der Waals surface area contributed by atoms with Crippen LogP contribution >= 0.6 is 23.1 Å². The lowest BCUT2D eigenvalue weighted by atomic mass is 9.93. The standard InChI is InChI=1S/C11H20N2S2/c1-11(2,3)9-7-15-10(13-9)8-14-6-4-5-12/h7H,4-6,8,12H2,1-3H3. The predicted molar refractivity (Wildman–Crippen MR) is 70.6 cm³/mol. The van der Waals surface area contributed by atoms with Gasteiger partial charge in [0, 0.05) is 16.5 Å². The minimum atomic E-state index is 0.177. The summed E-state index contributed by atoms with van der Waals surface area (Å²) in [4.78, 5) is 4.65. The van der Waals surface area contributed by atoms with Crippen LogP contribution in [0, 0.1) is 0 Å². The topological polar surface area (TPSA) is 38.9 Å². The second kappa shape index (κ2) is 5.87. The third-order valence-corrected chi connectivity index (χ3v) is 4.12. The summed E-state index contributed by atoms with van der Waals surface area (Å²) in [6.07, 6.45) is 1.10. The predicted octanol–water partition coefficient (Wildman–Crippen LogP) is 3.02. The van der Waals surface area contributed by atoms with E-state index in [1.165, 1.54) is 10.7 Å². The number of rotatable bonds is 5. The van der Waals surface area contributed by atoms with Gasteiger partial charge in [0.25, 0.3) is 0 Å². The molecule has 0 aliphatic carbocycles. The zero-order valence-electron chi connectivity index (χ0n) is 9.75. The van der Waals surface area contributed by atoms with Crippen molar-refractivity contribution in [3.63, 3.8) is 0 Å². The highest BCUT2D eigenvalue weighted by Crippen LogP contribution is 2.25. The van der Waals surface area contributed by atoms with Gasteiger partial charge in [-0.25, -0.2) is 4.98 Å². The molecule has 0 saturated carbocycles. The molecule has 2 N–H and O–H groups in total. The summed E-state index contributed by atoms with van der Waals surface area (Å²) in [5.41, 5.74) is 6.83. The number of nitrogens with two attached hydrogens (primary N) is 1. The van der Waals surface area contributed by atoms with Gasteiger partial charge < -0.3 is 5.73 Å². The first kappa shape index (κ1) is 13.0. The van der Waals surface area contributed by atoms with Crippen LogP contribution in [0.15, 0.2) is 5.38 Å². The van der Waals surface area contributed by atoms with Gasteiger partial charge in [0.2, 0.25) is 0 Å². The lowest BCUT2D eigenvalue weighted by molar-refractivity contribution is 0.572. The molecule has 0 fully saturated rings. The molecule has 0 amide bonds. The lowest BCUT2D eigenvalue weighted by Gasteiger charge is -2.14. The molecule has 4 heteroatoms. The average Bonchev–Trinajstić information content (AvgIpc) is 2.60. The SMILES string of the molecule is CC(C)(C)c1csc(CSCCCN)n1. The van der Waals surface area contributed by atoms with Crippen molar-refractivity contribution >= 4 is 23.1 Å². The highest BCUT2D eigenvalue weighted by atomic mass is 32.2. The van der Waals surface area contributed by atoms with Crippen LogP contribution in [0.2, 0.25) is 0 Å². The van der Waals surface area contributed by atoms with Gasteiger partial charge in [-0.2, -0.15) is 11.8 Å². The van der Waals surface area contributed by atoms with Crippen LogP contribution in [0.25, 0.3) is 0 Å². The Bertz CT molecular complexity index is 289. The van der Waals surface area contributed by atoms with Crippen molar-refractivity contribution in [2.24, 2.45) is 5.73 Å². The molecule has 1 aromatic rings. The fourth-order valence-electron chi connectivity index (χ4n) is 1.07. The summed E-state index contributed by atoms with van der Waals surface area (Å²) >= 11 is 3.69. The van der Waals surface area contributed by atoms with Crippen molar-refractivity contribution in [3.8, 4) is 0 Å². The van der Waals surface area contributed by atoms with Gasteiger partial charge in [0.1, 0.15) is 5.01 Å². The zero-order valence-corrected chi connectivity index (χ0v) is 11.4. The molecule has 0 spiro atoms. The van der Waals surface area contributed by atoms with Crippen LogP contribution in [0.1, 0.15) is 37.9 Å². The molecule has 0 aliphatic rings. The van der Waals surface area contributed by atoms with E-state index in [-0.39, 0.29) is 5.41 Å². The molecule has 0 bridgehead atoms. The smallest absolute Gasteiger partial charge is 0.103 e. The van der Waals surface area contributed by atoms with Gasteiger partial charge in [-0.05, 0) is 18.7 Å². The quantitative estimate of drug-likeness (QED) is 0.809. The minimum absolute atomic E-state index is 0.177. The van der Waals surface area contributed by atoms with Gasteiger partial charge in [0.05, 0.1) is 5.69 Å². The van der Waals surface area contributed by atoms with E-state index in [1.807, 2.05) is 11.8 Å². The molecule has 0 saturated heterocycles. The van der Waals surface area contributed by atoms with E-state index in [9.17, 15) is 0 Å². The summed E-state index contributed by atoms with van der Waals surface area (Å²) in [5, 5.41) is 3.42. The molecule has 1 heterocycles. The van der Waals surface area contributed by atoms with E-state index >= 15 is 0 Å². The van der Waals surface area contributed by atoms with E-state index in [1.54, 1.807) is 11.3 Å². The molecule has 0 aliphatic heterocycles. The largest absolute Gasteiger partial charge is 0.330 e. The Kier molecular flexibility index (Phi) is 5.09. The number of thioether (sulfide) groups is 1. The fraction of sp³-hybridized carbons (Fsp3) is 0.727. The summed E-state index contributed by atoms with van der Waals surface area (Å²) < 4.78 is 0. The first-order valence-electron chi connectivity index (χ1n) is 5.26. The Morgan fingerprint density at radius 2 is 2.20 bits per heavy atom. The molecule has 0 atom stereocenters. The van der Waals surface area contributed by atoms with Crippen LogP contribution in [0.3, 0.4) is 0 Å².